The van der Waals surface area contributed by atoms with Gasteiger partial charge in [0.2, 0.25) is 0 Å². The van der Waals surface area contributed by atoms with E-state index in [-0.39, 0.29) is 18.4 Å². The Balaban J connectivity index is 2.23. The summed E-state index contributed by atoms with van der Waals surface area (Å²) in [7, 11) is 1.34. The van der Waals surface area contributed by atoms with E-state index in [0.717, 1.165) is 0 Å². The summed E-state index contributed by atoms with van der Waals surface area (Å²) < 4.78 is 17.0. The molecule has 64 valence electrons. The van der Waals surface area contributed by atoms with Crippen molar-refractivity contribution in [3.8, 4) is 0 Å². The molecule has 1 aliphatic rings. The van der Waals surface area contributed by atoms with Crippen LogP contribution < -0.4 is 5.32 Å². The van der Waals surface area contributed by atoms with Crippen LogP contribution in [-0.2, 0) is 9.53 Å². The highest BCUT2D eigenvalue weighted by atomic mass is 19.1. The van der Waals surface area contributed by atoms with Crippen molar-refractivity contribution in [3.05, 3.63) is 0 Å². The Bertz CT molecular complexity index is 151. The van der Waals surface area contributed by atoms with Crippen molar-refractivity contribution in [2.75, 3.05) is 13.7 Å². The molecule has 2 atom stereocenters. The summed E-state index contributed by atoms with van der Waals surface area (Å²) in [6.45, 7) is 0.363. The number of carbonyl (C=O) groups is 1. The third-order valence-corrected chi connectivity index (χ3v) is 1.81. The Labute approximate surface area is 64.9 Å². The number of rotatable bonds is 2. The number of ether oxygens (including phenoxy) is 1. The third-order valence-electron chi connectivity index (χ3n) is 1.81. The normalized spacial score (nSPS) is 30.4. The fourth-order valence-corrected chi connectivity index (χ4v) is 1.21. The average Bonchev–Trinajstić information content (AvgIpc) is 2.35. The first-order chi connectivity index (χ1) is 5.22. The Morgan fingerprint density at radius 3 is 3.00 bits per heavy atom. The summed E-state index contributed by atoms with van der Waals surface area (Å²) in [5.74, 6) is -0.281. The van der Waals surface area contributed by atoms with E-state index < -0.39 is 6.17 Å². The zero-order valence-electron chi connectivity index (χ0n) is 6.47. The lowest BCUT2D eigenvalue weighted by Crippen LogP contribution is -2.24. The summed E-state index contributed by atoms with van der Waals surface area (Å²) in [6.07, 6.45) is -0.101. The molecule has 0 aromatic rings. The van der Waals surface area contributed by atoms with Crippen molar-refractivity contribution >= 4 is 5.97 Å². The molecule has 11 heavy (non-hydrogen) atoms. The van der Waals surface area contributed by atoms with Crippen molar-refractivity contribution in [1.82, 2.24) is 5.32 Å². The predicted molar refractivity (Wildman–Crippen MR) is 37.9 cm³/mol. The first kappa shape index (κ1) is 8.46. The van der Waals surface area contributed by atoms with Gasteiger partial charge >= 0.3 is 5.97 Å². The molecule has 0 aliphatic carbocycles. The molecule has 1 fully saturated rings. The van der Waals surface area contributed by atoms with Crippen LogP contribution in [0.2, 0.25) is 0 Å². The van der Waals surface area contributed by atoms with Gasteiger partial charge in [-0.15, -0.1) is 0 Å². The molecule has 1 heterocycles. The summed E-state index contributed by atoms with van der Waals surface area (Å²) in [5.41, 5.74) is 0. The minimum absolute atomic E-state index is 0.0301. The number of nitrogens with one attached hydrogen (secondary N) is 1. The van der Waals surface area contributed by atoms with Crippen LogP contribution >= 0.6 is 0 Å². The van der Waals surface area contributed by atoms with Gasteiger partial charge in [0, 0.05) is 12.6 Å². The number of methoxy groups -OCH3 is 1. The maximum absolute atomic E-state index is 12.5. The van der Waals surface area contributed by atoms with Gasteiger partial charge in [-0.25, -0.2) is 4.39 Å². The van der Waals surface area contributed by atoms with Gasteiger partial charge in [0.15, 0.2) is 0 Å². The maximum Gasteiger partial charge on any atom is 0.307 e. The molecule has 1 N–H and O–H groups in total. The number of carbonyl (C=O) groups excluding carboxylic acids is 1. The van der Waals surface area contributed by atoms with E-state index >= 15 is 0 Å². The average molecular weight is 161 g/mol. The molecule has 0 radical (unpaired) electrons. The lowest BCUT2D eigenvalue weighted by molar-refractivity contribution is -0.141. The topological polar surface area (TPSA) is 38.3 Å². The molecule has 0 spiro atoms. The second-order valence-electron chi connectivity index (χ2n) is 2.72. The highest BCUT2D eigenvalue weighted by molar-refractivity contribution is 5.69. The Kier molecular flexibility index (Phi) is 2.82. The molecule has 1 aliphatic heterocycles. The lowest BCUT2D eigenvalue weighted by Gasteiger charge is -2.06. The number of esters is 1. The molecule has 1 rings (SSSR count). The van der Waals surface area contributed by atoms with Crippen LogP contribution in [0.4, 0.5) is 4.39 Å². The summed E-state index contributed by atoms with van der Waals surface area (Å²) in [4.78, 5) is 10.7. The molecule has 0 amide bonds. The van der Waals surface area contributed by atoms with E-state index in [0.29, 0.717) is 13.0 Å². The summed E-state index contributed by atoms with van der Waals surface area (Å²) in [6, 6.07) is -0.0301. The minimum atomic E-state index is -0.801. The maximum atomic E-state index is 12.5. The van der Waals surface area contributed by atoms with E-state index in [1.54, 1.807) is 0 Å². The Hall–Kier alpha value is -0.640. The second-order valence-corrected chi connectivity index (χ2v) is 2.72. The molecule has 0 saturated carbocycles. The van der Waals surface area contributed by atoms with Crippen LogP contribution in [0.1, 0.15) is 12.8 Å². The summed E-state index contributed by atoms with van der Waals surface area (Å²) >= 11 is 0. The van der Waals surface area contributed by atoms with E-state index in [1.807, 2.05) is 0 Å². The first-order valence-corrected chi connectivity index (χ1v) is 3.66. The number of halogens is 1. The van der Waals surface area contributed by atoms with Gasteiger partial charge in [-0.05, 0) is 6.42 Å². The molecular weight excluding hydrogens is 149 g/mol. The Morgan fingerprint density at radius 2 is 2.55 bits per heavy atom. The molecule has 0 aromatic carbocycles. The van der Waals surface area contributed by atoms with E-state index in [2.05, 4.69) is 10.1 Å². The fourth-order valence-electron chi connectivity index (χ4n) is 1.21. The minimum Gasteiger partial charge on any atom is -0.469 e. The van der Waals surface area contributed by atoms with Crippen LogP contribution in [0.25, 0.3) is 0 Å². The molecule has 0 aromatic heterocycles. The molecule has 3 nitrogen and oxygen atoms in total. The highest BCUT2D eigenvalue weighted by Gasteiger charge is 2.25. The van der Waals surface area contributed by atoms with E-state index in [1.165, 1.54) is 7.11 Å². The van der Waals surface area contributed by atoms with Gasteiger partial charge in [-0.1, -0.05) is 0 Å². The van der Waals surface area contributed by atoms with Crippen molar-refractivity contribution in [3.63, 3.8) is 0 Å². The molecule has 1 saturated heterocycles. The zero-order valence-corrected chi connectivity index (χ0v) is 6.47. The lowest BCUT2D eigenvalue weighted by atomic mass is 10.1. The predicted octanol–water partition coefficient (Wildman–Crippen LogP) is 0.250. The van der Waals surface area contributed by atoms with Gasteiger partial charge in [0.1, 0.15) is 6.17 Å². The van der Waals surface area contributed by atoms with Crippen LogP contribution in [0, 0.1) is 0 Å². The number of hydrogen-bond acceptors (Lipinski definition) is 3. The van der Waals surface area contributed by atoms with Crippen LogP contribution in [0.15, 0.2) is 0 Å². The van der Waals surface area contributed by atoms with Gasteiger partial charge < -0.3 is 10.1 Å². The number of hydrogen-bond donors (Lipinski definition) is 1. The van der Waals surface area contributed by atoms with Gasteiger partial charge in [0.25, 0.3) is 0 Å². The third kappa shape index (κ3) is 2.46. The van der Waals surface area contributed by atoms with Crippen LogP contribution in [0.3, 0.4) is 0 Å². The largest absolute Gasteiger partial charge is 0.469 e. The standard InChI is InChI=1S/C7H12FNO2/c1-11-7(10)3-6-2-5(8)4-9-6/h5-6,9H,2-4H2,1H3/t5-,6+/m1/s1. The van der Waals surface area contributed by atoms with Crippen molar-refractivity contribution in [2.45, 2.75) is 25.1 Å². The van der Waals surface area contributed by atoms with Crippen molar-refractivity contribution in [2.24, 2.45) is 0 Å². The monoisotopic (exact) mass is 161 g/mol. The second kappa shape index (κ2) is 3.67. The van der Waals surface area contributed by atoms with Crippen molar-refractivity contribution < 1.29 is 13.9 Å². The van der Waals surface area contributed by atoms with Crippen LogP contribution in [-0.4, -0.2) is 31.8 Å². The Morgan fingerprint density at radius 1 is 1.82 bits per heavy atom. The zero-order chi connectivity index (χ0) is 8.27. The quantitative estimate of drug-likeness (QED) is 0.590. The van der Waals surface area contributed by atoms with Gasteiger partial charge in [0.05, 0.1) is 13.5 Å². The molecular formula is C7H12FNO2. The van der Waals surface area contributed by atoms with Crippen molar-refractivity contribution in [1.29, 1.82) is 0 Å². The highest BCUT2D eigenvalue weighted by Crippen LogP contribution is 2.12. The van der Waals surface area contributed by atoms with E-state index in [9.17, 15) is 9.18 Å². The summed E-state index contributed by atoms with van der Waals surface area (Å²) in [5, 5.41) is 2.90. The molecule has 0 bridgehead atoms. The van der Waals surface area contributed by atoms with E-state index in [4.69, 9.17) is 0 Å². The SMILES string of the molecule is COC(=O)C[C@@H]1C[C@@H](F)CN1. The first-order valence-electron chi connectivity index (χ1n) is 3.66. The van der Waals surface area contributed by atoms with Crippen LogP contribution in [0.5, 0.6) is 0 Å². The molecule has 4 heteroatoms. The smallest absolute Gasteiger partial charge is 0.307 e. The van der Waals surface area contributed by atoms with Gasteiger partial charge in [-0.2, -0.15) is 0 Å². The van der Waals surface area contributed by atoms with Gasteiger partial charge in [-0.3, -0.25) is 4.79 Å². The molecule has 0 unspecified atom stereocenters. The fraction of sp³-hybridized carbons (Fsp3) is 0.857. The number of alkyl halides is 1.